The third kappa shape index (κ3) is 4.08. The second-order valence-corrected chi connectivity index (χ2v) is 5.89. The van der Waals surface area contributed by atoms with Crippen molar-refractivity contribution in [3.05, 3.63) is 69.2 Å². The summed E-state index contributed by atoms with van der Waals surface area (Å²) in [5.41, 5.74) is 7.96. The lowest BCUT2D eigenvalue weighted by Gasteiger charge is -2.16. The van der Waals surface area contributed by atoms with Crippen LogP contribution in [-0.4, -0.2) is 0 Å². The Bertz CT molecular complexity index is 638. The summed E-state index contributed by atoms with van der Waals surface area (Å²) in [5, 5.41) is 0. The Morgan fingerprint density at radius 1 is 1.14 bits per heavy atom. The summed E-state index contributed by atoms with van der Waals surface area (Å²) in [7, 11) is 0. The van der Waals surface area contributed by atoms with E-state index >= 15 is 0 Å². The summed E-state index contributed by atoms with van der Waals surface area (Å²) in [5.74, 6) is 0. The first-order valence-electron chi connectivity index (χ1n) is 6.45. The zero-order valence-electron chi connectivity index (χ0n) is 11.4. The summed E-state index contributed by atoms with van der Waals surface area (Å²) in [6.07, 6.45) is -3.89. The minimum atomic E-state index is -4.39. The number of hydrogen-bond donors (Lipinski definition) is 1. The molecule has 0 saturated heterocycles. The van der Waals surface area contributed by atoms with Gasteiger partial charge in [-0.15, -0.1) is 0 Å². The Morgan fingerprint density at radius 2 is 1.86 bits per heavy atom. The van der Waals surface area contributed by atoms with E-state index in [1.807, 2.05) is 31.2 Å². The zero-order chi connectivity index (χ0) is 15.6. The third-order valence-corrected chi connectivity index (χ3v) is 3.95. The van der Waals surface area contributed by atoms with Gasteiger partial charge in [-0.1, -0.05) is 51.8 Å². The summed E-state index contributed by atoms with van der Waals surface area (Å²) in [6.45, 7) is 1.97. The Kier molecular flexibility index (Phi) is 4.74. The normalized spacial score (nSPS) is 13.2. The summed E-state index contributed by atoms with van der Waals surface area (Å²) in [6, 6.07) is 11.5. The molecule has 0 aliphatic heterocycles. The number of rotatable bonds is 3. The van der Waals surface area contributed by atoms with Crippen LogP contribution in [0.4, 0.5) is 13.2 Å². The molecule has 2 N–H and O–H groups in total. The van der Waals surface area contributed by atoms with Gasteiger partial charge in [0.05, 0.1) is 5.56 Å². The predicted octanol–water partition coefficient (Wildman–Crippen LogP) is 5.02. The first kappa shape index (κ1) is 16.0. The van der Waals surface area contributed by atoms with Crippen molar-refractivity contribution in [1.29, 1.82) is 0 Å². The minimum Gasteiger partial charge on any atom is -0.324 e. The SMILES string of the molecule is Cc1cccc(CC(N)c2ccc(Br)c(C(F)(F)F)c2)c1. The van der Waals surface area contributed by atoms with Gasteiger partial charge in [-0.25, -0.2) is 0 Å². The Morgan fingerprint density at radius 3 is 2.48 bits per heavy atom. The van der Waals surface area contributed by atoms with Crippen LogP contribution in [0.5, 0.6) is 0 Å². The molecule has 0 heterocycles. The van der Waals surface area contributed by atoms with E-state index in [1.54, 1.807) is 6.07 Å². The van der Waals surface area contributed by atoms with E-state index in [-0.39, 0.29) is 4.47 Å². The van der Waals surface area contributed by atoms with Gasteiger partial charge >= 0.3 is 6.18 Å². The maximum Gasteiger partial charge on any atom is 0.417 e. The molecule has 0 radical (unpaired) electrons. The molecule has 0 spiro atoms. The number of benzene rings is 2. The Labute approximate surface area is 130 Å². The van der Waals surface area contributed by atoms with E-state index in [2.05, 4.69) is 15.9 Å². The molecular formula is C16H15BrF3N. The van der Waals surface area contributed by atoms with Crippen LogP contribution in [-0.2, 0) is 12.6 Å². The van der Waals surface area contributed by atoms with Crippen LogP contribution < -0.4 is 5.73 Å². The Balaban J connectivity index is 2.25. The van der Waals surface area contributed by atoms with Crippen LogP contribution in [0.3, 0.4) is 0 Å². The van der Waals surface area contributed by atoms with Crippen LogP contribution >= 0.6 is 15.9 Å². The molecule has 0 aliphatic rings. The van der Waals surface area contributed by atoms with Crippen LogP contribution in [0, 0.1) is 6.92 Å². The van der Waals surface area contributed by atoms with Gasteiger partial charge in [0, 0.05) is 10.5 Å². The van der Waals surface area contributed by atoms with E-state index in [4.69, 9.17) is 5.73 Å². The third-order valence-electron chi connectivity index (χ3n) is 3.26. The molecule has 2 aromatic rings. The number of alkyl halides is 3. The van der Waals surface area contributed by atoms with Gasteiger partial charge < -0.3 is 5.73 Å². The van der Waals surface area contributed by atoms with Crippen molar-refractivity contribution in [2.75, 3.05) is 0 Å². The molecule has 1 nitrogen and oxygen atoms in total. The molecule has 1 atom stereocenters. The smallest absolute Gasteiger partial charge is 0.324 e. The molecule has 0 aromatic heterocycles. The standard InChI is InChI=1S/C16H15BrF3N/c1-10-3-2-4-11(7-10)8-15(21)12-5-6-14(17)13(9-12)16(18,19)20/h2-7,9,15H,8,21H2,1H3. The number of aryl methyl sites for hydroxylation is 1. The average Bonchev–Trinajstić information content (AvgIpc) is 2.37. The highest BCUT2D eigenvalue weighted by molar-refractivity contribution is 9.10. The second kappa shape index (κ2) is 6.20. The zero-order valence-corrected chi connectivity index (χ0v) is 13.0. The van der Waals surface area contributed by atoms with Crippen molar-refractivity contribution in [3.8, 4) is 0 Å². The molecule has 0 bridgehead atoms. The topological polar surface area (TPSA) is 26.0 Å². The fraction of sp³-hybridized carbons (Fsp3) is 0.250. The van der Waals surface area contributed by atoms with Gasteiger partial charge in [0.25, 0.3) is 0 Å². The lowest BCUT2D eigenvalue weighted by atomic mass is 9.97. The van der Waals surface area contributed by atoms with Crippen LogP contribution in [0.1, 0.15) is 28.3 Å². The first-order chi connectivity index (χ1) is 9.77. The molecule has 112 valence electrons. The fourth-order valence-electron chi connectivity index (χ4n) is 2.20. The Hall–Kier alpha value is -1.33. The van der Waals surface area contributed by atoms with Gasteiger partial charge in [-0.05, 0) is 36.6 Å². The summed E-state index contributed by atoms with van der Waals surface area (Å²) < 4.78 is 38.7. The van der Waals surface area contributed by atoms with E-state index in [0.717, 1.165) is 17.2 Å². The summed E-state index contributed by atoms with van der Waals surface area (Å²) >= 11 is 2.93. The largest absolute Gasteiger partial charge is 0.417 e. The highest BCUT2D eigenvalue weighted by atomic mass is 79.9. The van der Waals surface area contributed by atoms with Crippen LogP contribution in [0.25, 0.3) is 0 Å². The molecule has 0 saturated carbocycles. The number of hydrogen-bond acceptors (Lipinski definition) is 1. The lowest BCUT2D eigenvalue weighted by molar-refractivity contribution is -0.138. The van der Waals surface area contributed by atoms with Crippen LogP contribution in [0.2, 0.25) is 0 Å². The first-order valence-corrected chi connectivity index (χ1v) is 7.24. The maximum atomic E-state index is 12.9. The lowest BCUT2D eigenvalue weighted by Crippen LogP contribution is -2.15. The molecule has 21 heavy (non-hydrogen) atoms. The predicted molar refractivity (Wildman–Crippen MR) is 81.0 cm³/mol. The van der Waals surface area contributed by atoms with Crippen LogP contribution in [0.15, 0.2) is 46.9 Å². The molecule has 2 aromatic carbocycles. The highest BCUT2D eigenvalue weighted by Crippen LogP contribution is 2.36. The van der Waals surface area contributed by atoms with Gasteiger partial charge in [-0.2, -0.15) is 13.2 Å². The number of halogens is 4. The van der Waals surface area contributed by atoms with E-state index in [0.29, 0.717) is 12.0 Å². The van der Waals surface area contributed by atoms with Crippen molar-refractivity contribution in [3.63, 3.8) is 0 Å². The van der Waals surface area contributed by atoms with Crippen molar-refractivity contribution < 1.29 is 13.2 Å². The van der Waals surface area contributed by atoms with Gasteiger partial charge in [0.1, 0.15) is 0 Å². The van der Waals surface area contributed by atoms with E-state index in [1.165, 1.54) is 6.07 Å². The molecule has 0 fully saturated rings. The monoisotopic (exact) mass is 357 g/mol. The maximum absolute atomic E-state index is 12.9. The molecule has 1 unspecified atom stereocenters. The van der Waals surface area contributed by atoms with Gasteiger partial charge in [0.15, 0.2) is 0 Å². The molecule has 0 amide bonds. The summed E-state index contributed by atoms with van der Waals surface area (Å²) in [4.78, 5) is 0. The van der Waals surface area contributed by atoms with Crippen molar-refractivity contribution in [1.82, 2.24) is 0 Å². The molecule has 5 heteroatoms. The number of nitrogens with two attached hydrogens (primary N) is 1. The van der Waals surface area contributed by atoms with Crippen molar-refractivity contribution in [2.45, 2.75) is 25.6 Å². The average molecular weight is 358 g/mol. The van der Waals surface area contributed by atoms with Gasteiger partial charge in [-0.3, -0.25) is 0 Å². The minimum absolute atomic E-state index is 0.0292. The fourth-order valence-corrected chi connectivity index (χ4v) is 2.67. The van der Waals surface area contributed by atoms with E-state index in [9.17, 15) is 13.2 Å². The van der Waals surface area contributed by atoms with Crippen molar-refractivity contribution >= 4 is 15.9 Å². The van der Waals surface area contributed by atoms with Crippen molar-refractivity contribution in [2.24, 2.45) is 5.73 Å². The molecule has 0 aliphatic carbocycles. The quantitative estimate of drug-likeness (QED) is 0.819. The molecule has 2 rings (SSSR count). The van der Waals surface area contributed by atoms with E-state index < -0.39 is 17.8 Å². The highest BCUT2D eigenvalue weighted by Gasteiger charge is 2.33. The van der Waals surface area contributed by atoms with Gasteiger partial charge in [0.2, 0.25) is 0 Å². The second-order valence-electron chi connectivity index (χ2n) is 5.04. The molecular weight excluding hydrogens is 343 g/mol.